The van der Waals surface area contributed by atoms with E-state index >= 15 is 0 Å². The SMILES string of the molecule is COC(=O)NC(=S)Nc1nncs1. The van der Waals surface area contributed by atoms with Crippen molar-refractivity contribution >= 4 is 39.9 Å². The van der Waals surface area contributed by atoms with Crippen molar-refractivity contribution in [2.24, 2.45) is 0 Å². The summed E-state index contributed by atoms with van der Waals surface area (Å²) in [4.78, 5) is 10.7. The van der Waals surface area contributed by atoms with Gasteiger partial charge in [-0.2, -0.15) is 0 Å². The number of carbonyl (C=O) groups excluding carboxylic acids is 1. The third-order valence-corrected chi connectivity index (χ3v) is 1.79. The molecule has 1 rings (SSSR count). The highest BCUT2D eigenvalue weighted by atomic mass is 32.1. The van der Waals surface area contributed by atoms with Gasteiger partial charge in [0, 0.05) is 0 Å². The van der Waals surface area contributed by atoms with Crippen LogP contribution < -0.4 is 10.6 Å². The van der Waals surface area contributed by atoms with Crippen molar-refractivity contribution in [2.45, 2.75) is 0 Å². The van der Waals surface area contributed by atoms with Gasteiger partial charge in [-0.25, -0.2) is 4.79 Å². The summed E-state index contributed by atoms with van der Waals surface area (Å²) in [5, 5.41) is 12.8. The predicted octanol–water partition coefficient (Wildman–Crippen LogP) is 0.591. The van der Waals surface area contributed by atoms with Gasteiger partial charge in [0.15, 0.2) is 5.11 Å². The van der Waals surface area contributed by atoms with Crippen LogP contribution in [-0.2, 0) is 4.74 Å². The number of hydrogen-bond acceptors (Lipinski definition) is 6. The normalized spacial score (nSPS) is 9.00. The molecule has 13 heavy (non-hydrogen) atoms. The maximum atomic E-state index is 10.7. The van der Waals surface area contributed by atoms with Crippen molar-refractivity contribution in [3.63, 3.8) is 0 Å². The summed E-state index contributed by atoms with van der Waals surface area (Å²) >= 11 is 6.03. The van der Waals surface area contributed by atoms with Crippen LogP contribution in [0.2, 0.25) is 0 Å². The zero-order chi connectivity index (χ0) is 9.68. The van der Waals surface area contributed by atoms with E-state index in [1.54, 1.807) is 5.51 Å². The summed E-state index contributed by atoms with van der Waals surface area (Å²) < 4.78 is 4.33. The number of hydrogen-bond donors (Lipinski definition) is 2. The van der Waals surface area contributed by atoms with Crippen LogP contribution in [0.1, 0.15) is 0 Å². The molecule has 6 nitrogen and oxygen atoms in total. The van der Waals surface area contributed by atoms with Gasteiger partial charge in [0.25, 0.3) is 0 Å². The lowest BCUT2D eigenvalue weighted by molar-refractivity contribution is 0.177. The number of anilines is 1. The summed E-state index contributed by atoms with van der Waals surface area (Å²) in [5.41, 5.74) is 1.54. The van der Waals surface area contributed by atoms with Gasteiger partial charge in [-0.05, 0) is 12.2 Å². The zero-order valence-electron chi connectivity index (χ0n) is 6.60. The highest BCUT2D eigenvalue weighted by Gasteiger charge is 2.04. The molecule has 0 atom stereocenters. The van der Waals surface area contributed by atoms with Crippen LogP contribution >= 0.6 is 23.6 Å². The Hall–Kier alpha value is -1.28. The number of amides is 1. The van der Waals surface area contributed by atoms with Gasteiger partial charge >= 0.3 is 6.09 Å². The zero-order valence-corrected chi connectivity index (χ0v) is 8.24. The quantitative estimate of drug-likeness (QED) is 0.672. The van der Waals surface area contributed by atoms with Crippen LogP contribution in [0.3, 0.4) is 0 Å². The van der Waals surface area contributed by atoms with Gasteiger partial charge in [0.1, 0.15) is 5.51 Å². The van der Waals surface area contributed by atoms with E-state index in [9.17, 15) is 4.79 Å². The average molecular weight is 218 g/mol. The van der Waals surface area contributed by atoms with Crippen LogP contribution in [0.15, 0.2) is 5.51 Å². The van der Waals surface area contributed by atoms with Crippen LogP contribution in [0.5, 0.6) is 0 Å². The molecule has 0 bridgehead atoms. The van der Waals surface area contributed by atoms with Crippen molar-refractivity contribution < 1.29 is 9.53 Å². The molecule has 0 aliphatic heterocycles. The first-order valence-corrected chi connectivity index (χ1v) is 4.43. The minimum absolute atomic E-state index is 0.128. The number of carbonyl (C=O) groups is 1. The topological polar surface area (TPSA) is 76.1 Å². The summed E-state index contributed by atoms with van der Waals surface area (Å²) in [7, 11) is 1.25. The Labute approximate surface area is 83.3 Å². The van der Waals surface area contributed by atoms with Gasteiger partial charge in [0.2, 0.25) is 5.13 Å². The fraction of sp³-hybridized carbons (Fsp3) is 0.200. The van der Waals surface area contributed by atoms with E-state index in [0.29, 0.717) is 5.13 Å². The Kier molecular flexibility index (Phi) is 3.53. The monoisotopic (exact) mass is 218 g/mol. The van der Waals surface area contributed by atoms with Gasteiger partial charge in [0.05, 0.1) is 7.11 Å². The van der Waals surface area contributed by atoms with Gasteiger partial charge in [-0.3, -0.25) is 5.32 Å². The number of nitrogens with zero attached hydrogens (tertiary/aromatic N) is 2. The van der Waals surface area contributed by atoms with Crippen molar-refractivity contribution in [1.29, 1.82) is 0 Å². The van der Waals surface area contributed by atoms with E-state index in [1.807, 2.05) is 0 Å². The molecule has 0 saturated carbocycles. The smallest absolute Gasteiger partial charge is 0.413 e. The summed E-state index contributed by atoms with van der Waals surface area (Å²) in [5.74, 6) is 0. The molecule has 1 amide bonds. The minimum Gasteiger partial charge on any atom is -0.453 e. The number of thiocarbonyl (C=S) groups is 1. The molecular formula is C5H6N4O2S2. The van der Waals surface area contributed by atoms with Crippen molar-refractivity contribution in [3.8, 4) is 0 Å². The first kappa shape index (κ1) is 9.81. The molecule has 0 aliphatic carbocycles. The molecule has 8 heteroatoms. The molecule has 1 aromatic rings. The van der Waals surface area contributed by atoms with E-state index in [1.165, 1.54) is 18.4 Å². The molecule has 0 aromatic carbocycles. The van der Waals surface area contributed by atoms with Gasteiger partial charge < -0.3 is 10.1 Å². The Morgan fingerprint density at radius 1 is 1.77 bits per heavy atom. The maximum absolute atomic E-state index is 10.7. The number of methoxy groups -OCH3 is 1. The third-order valence-electron chi connectivity index (χ3n) is 0.981. The molecule has 0 saturated heterocycles. The predicted molar refractivity (Wildman–Crippen MR) is 51.7 cm³/mol. The first-order valence-electron chi connectivity index (χ1n) is 3.14. The van der Waals surface area contributed by atoms with E-state index in [4.69, 9.17) is 12.2 Å². The van der Waals surface area contributed by atoms with E-state index in [-0.39, 0.29) is 5.11 Å². The Morgan fingerprint density at radius 3 is 3.08 bits per heavy atom. The van der Waals surface area contributed by atoms with Crippen LogP contribution in [-0.4, -0.2) is 28.5 Å². The number of rotatable bonds is 1. The van der Waals surface area contributed by atoms with E-state index < -0.39 is 6.09 Å². The van der Waals surface area contributed by atoms with Crippen LogP contribution in [0, 0.1) is 0 Å². The second-order valence-electron chi connectivity index (χ2n) is 1.81. The van der Waals surface area contributed by atoms with Crippen LogP contribution in [0.25, 0.3) is 0 Å². The fourth-order valence-corrected chi connectivity index (χ4v) is 1.19. The molecule has 2 N–H and O–H groups in total. The lowest BCUT2D eigenvalue weighted by Crippen LogP contribution is -2.33. The highest BCUT2D eigenvalue weighted by molar-refractivity contribution is 7.80. The molecule has 1 heterocycles. The number of alkyl carbamates (subject to hydrolysis) is 1. The van der Waals surface area contributed by atoms with Crippen LogP contribution in [0.4, 0.5) is 9.93 Å². The second-order valence-corrected chi connectivity index (χ2v) is 3.06. The maximum Gasteiger partial charge on any atom is 0.413 e. The minimum atomic E-state index is -0.623. The number of aromatic nitrogens is 2. The summed E-state index contributed by atoms with van der Waals surface area (Å²) in [6.07, 6.45) is -0.623. The molecule has 70 valence electrons. The first-order chi connectivity index (χ1) is 6.22. The average Bonchev–Trinajstić information content (AvgIpc) is 2.56. The standard InChI is InChI=1S/C5H6N4O2S2/c1-11-5(10)8-3(12)7-4-9-6-2-13-4/h2H,1H3,(H2,7,8,9,10,12). The van der Waals surface area contributed by atoms with Crippen molar-refractivity contribution in [1.82, 2.24) is 15.5 Å². The molecule has 0 unspecified atom stereocenters. The summed E-state index contributed by atoms with van der Waals surface area (Å²) in [6.45, 7) is 0. The molecule has 0 fully saturated rings. The molecule has 0 spiro atoms. The van der Waals surface area contributed by atoms with Crippen molar-refractivity contribution in [2.75, 3.05) is 12.4 Å². The highest BCUT2D eigenvalue weighted by Crippen LogP contribution is 2.06. The number of ether oxygens (including phenoxy) is 1. The summed E-state index contributed by atoms with van der Waals surface area (Å²) in [6, 6.07) is 0. The van der Waals surface area contributed by atoms with E-state index in [2.05, 4.69) is 25.6 Å². The Balaban J connectivity index is 2.38. The van der Waals surface area contributed by atoms with Gasteiger partial charge in [-0.1, -0.05) is 11.3 Å². The largest absolute Gasteiger partial charge is 0.453 e. The van der Waals surface area contributed by atoms with Gasteiger partial charge in [-0.15, -0.1) is 10.2 Å². The number of nitrogens with one attached hydrogen (secondary N) is 2. The Morgan fingerprint density at radius 2 is 2.54 bits per heavy atom. The van der Waals surface area contributed by atoms with Crippen molar-refractivity contribution in [3.05, 3.63) is 5.51 Å². The molecule has 0 radical (unpaired) electrons. The fourth-order valence-electron chi connectivity index (χ4n) is 0.500. The second kappa shape index (κ2) is 4.67. The lowest BCUT2D eigenvalue weighted by Gasteiger charge is -2.04. The lowest BCUT2D eigenvalue weighted by atomic mass is 10.9. The molecule has 1 aromatic heterocycles. The Bertz CT molecular complexity index is 299. The van der Waals surface area contributed by atoms with E-state index in [0.717, 1.165) is 0 Å². The third kappa shape index (κ3) is 3.30. The molecule has 0 aliphatic rings. The molecular weight excluding hydrogens is 212 g/mol.